The molecule has 94 valence electrons. The van der Waals surface area contributed by atoms with Crippen LogP contribution in [0.3, 0.4) is 0 Å². The molecular weight excluding hydrogens is 287 g/mol. The summed E-state index contributed by atoms with van der Waals surface area (Å²) in [6.07, 6.45) is -5.70. The fourth-order valence-corrected chi connectivity index (χ4v) is 1.74. The third-order valence-electron chi connectivity index (χ3n) is 1.89. The first-order valence-electron chi connectivity index (χ1n) is 4.10. The predicted octanol–water partition coefficient (Wildman–Crippen LogP) is 3.78. The summed E-state index contributed by atoms with van der Waals surface area (Å²) >= 11 is 10.8. The maximum absolute atomic E-state index is 13.3. The van der Waals surface area contributed by atoms with Crippen LogP contribution in [0.4, 0.5) is 17.6 Å². The van der Waals surface area contributed by atoms with Crippen molar-refractivity contribution in [2.45, 2.75) is 12.6 Å². The van der Waals surface area contributed by atoms with Gasteiger partial charge in [0.25, 0.3) is 0 Å². The van der Waals surface area contributed by atoms with E-state index in [2.05, 4.69) is 0 Å². The van der Waals surface area contributed by atoms with Crippen molar-refractivity contribution in [3.63, 3.8) is 0 Å². The van der Waals surface area contributed by atoms with Crippen LogP contribution < -0.4 is 0 Å². The highest BCUT2D eigenvalue weighted by atomic mass is 35.5. The minimum absolute atomic E-state index is 0.320. The lowest BCUT2D eigenvalue weighted by Gasteiger charge is -2.12. The van der Waals surface area contributed by atoms with E-state index in [1.165, 1.54) is 0 Å². The Morgan fingerprint density at radius 1 is 1.35 bits per heavy atom. The molecule has 1 aromatic carbocycles. The largest absolute Gasteiger partial charge is 0.481 e. The topological polar surface area (TPSA) is 37.3 Å². The highest BCUT2D eigenvalue weighted by Gasteiger charge is 2.36. The molecule has 0 aliphatic heterocycles. The average molecular weight is 291 g/mol. The molecule has 1 aromatic rings. The molecule has 0 spiro atoms. The van der Waals surface area contributed by atoms with Crippen molar-refractivity contribution in [1.82, 2.24) is 0 Å². The van der Waals surface area contributed by atoms with E-state index in [1.807, 2.05) is 0 Å². The van der Waals surface area contributed by atoms with Crippen LogP contribution in [0, 0.1) is 5.82 Å². The molecule has 2 nitrogen and oxygen atoms in total. The Kier molecular flexibility index (Phi) is 3.88. The van der Waals surface area contributed by atoms with E-state index in [1.54, 1.807) is 0 Å². The standard InChI is InChI=1S/C9H4Cl2F4O2/c10-5-2-4(9(13,14)15)8(12)7(11)3(5)1-6(16)17/h2H,1H2,(H,16,17). The fourth-order valence-electron chi connectivity index (χ4n) is 1.15. The maximum Gasteiger partial charge on any atom is 0.419 e. The van der Waals surface area contributed by atoms with Crippen molar-refractivity contribution in [3.8, 4) is 0 Å². The molecule has 17 heavy (non-hydrogen) atoms. The number of halogens is 6. The van der Waals surface area contributed by atoms with Crippen molar-refractivity contribution in [2.24, 2.45) is 0 Å². The van der Waals surface area contributed by atoms with E-state index in [-0.39, 0.29) is 5.56 Å². The molecule has 0 amide bonds. The third kappa shape index (κ3) is 3.01. The Morgan fingerprint density at radius 2 is 1.88 bits per heavy atom. The number of carbonyl (C=O) groups is 1. The Balaban J connectivity index is 3.42. The van der Waals surface area contributed by atoms with Crippen molar-refractivity contribution in [1.29, 1.82) is 0 Å². The highest BCUT2D eigenvalue weighted by molar-refractivity contribution is 6.36. The zero-order valence-corrected chi connectivity index (χ0v) is 9.42. The zero-order valence-electron chi connectivity index (χ0n) is 7.91. The summed E-state index contributed by atoms with van der Waals surface area (Å²) < 4.78 is 50.3. The summed E-state index contributed by atoms with van der Waals surface area (Å²) in [6.45, 7) is 0. The van der Waals surface area contributed by atoms with Crippen LogP contribution in [0.5, 0.6) is 0 Å². The molecule has 0 atom stereocenters. The zero-order chi connectivity index (χ0) is 13.4. The van der Waals surface area contributed by atoms with Gasteiger partial charge in [-0.2, -0.15) is 13.2 Å². The second-order valence-electron chi connectivity index (χ2n) is 3.08. The van der Waals surface area contributed by atoms with Gasteiger partial charge in [-0.05, 0) is 6.07 Å². The Labute approximate surface area is 103 Å². The molecule has 0 fully saturated rings. The normalized spacial score (nSPS) is 11.6. The number of carboxylic acid groups (broad SMARTS) is 1. The summed E-state index contributed by atoms with van der Waals surface area (Å²) in [5.41, 5.74) is -2.01. The van der Waals surface area contributed by atoms with Gasteiger partial charge in [0.2, 0.25) is 0 Å². The van der Waals surface area contributed by atoms with Crippen LogP contribution in [0.2, 0.25) is 10.0 Å². The molecule has 0 aromatic heterocycles. The Morgan fingerprint density at radius 3 is 2.29 bits per heavy atom. The van der Waals surface area contributed by atoms with Crippen LogP contribution in [0.15, 0.2) is 6.07 Å². The molecule has 0 unspecified atom stereocenters. The van der Waals surface area contributed by atoms with Crippen molar-refractivity contribution in [2.75, 3.05) is 0 Å². The lowest BCUT2D eigenvalue weighted by atomic mass is 10.1. The fraction of sp³-hybridized carbons (Fsp3) is 0.222. The number of hydrogen-bond donors (Lipinski definition) is 1. The van der Waals surface area contributed by atoms with E-state index in [0.29, 0.717) is 6.07 Å². The smallest absolute Gasteiger partial charge is 0.419 e. The molecule has 0 aliphatic carbocycles. The van der Waals surface area contributed by atoms with E-state index in [9.17, 15) is 22.4 Å². The number of rotatable bonds is 2. The number of carboxylic acids is 1. The monoisotopic (exact) mass is 290 g/mol. The Bertz CT molecular complexity index is 471. The molecular formula is C9H4Cl2F4O2. The molecule has 0 radical (unpaired) electrons. The average Bonchev–Trinajstić information content (AvgIpc) is 2.16. The van der Waals surface area contributed by atoms with Gasteiger partial charge in [0.1, 0.15) is 0 Å². The van der Waals surface area contributed by atoms with Gasteiger partial charge in [-0.1, -0.05) is 23.2 Å². The number of aliphatic carboxylic acids is 1. The Hall–Kier alpha value is -1.01. The molecule has 0 aliphatic rings. The second-order valence-corrected chi connectivity index (χ2v) is 3.87. The molecule has 0 saturated heterocycles. The van der Waals surface area contributed by atoms with Crippen LogP contribution >= 0.6 is 23.2 Å². The van der Waals surface area contributed by atoms with Crippen LogP contribution in [0.1, 0.15) is 11.1 Å². The molecule has 0 bridgehead atoms. The van der Waals surface area contributed by atoms with Gasteiger partial charge in [0.05, 0.1) is 17.0 Å². The summed E-state index contributed by atoms with van der Waals surface area (Å²) in [5.74, 6) is -3.10. The van der Waals surface area contributed by atoms with Gasteiger partial charge in [0, 0.05) is 10.6 Å². The predicted molar refractivity (Wildman–Crippen MR) is 52.8 cm³/mol. The summed E-state index contributed by atoms with van der Waals surface area (Å²) in [4.78, 5) is 10.4. The van der Waals surface area contributed by atoms with Gasteiger partial charge in [0.15, 0.2) is 5.82 Å². The number of alkyl halides is 3. The second kappa shape index (κ2) is 4.70. The van der Waals surface area contributed by atoms with Crippen molar-refractivity contribution in [3.05, 3.63) is 33.1 Å². The summed E-state index contributed by atoms with van der Waals surface area (Å²) in [6, 6.07) is 0.320. The molecule has 1 rings (SSSR count). The summed E-state index contributed by atoms with van der Waals surface area (Å²) in [5, 5.41) is 7.01. The first kappa shape index (κ1) is 14.1. The maximum atomic E-state index is 13.3. The molecule has 8 heteroatoms. The SMILES string of the molecule is O=C(O)Cc1c(Cl)cc(C(F)(F)F)c(F)c1Cl. The molecule has 1 N–H and O–H groups in total. The lowest BCUT2D eigenvalue weighted by Crippen LogP contribution is -2.11. The van der Waals surface area contributed by atoms with Crippen molar-refractivity contribution >= 4 is 29.2 Å². The lowest BCUT2D eigenvalue weighted by molar-refractivity contribution is -0.140. The van der Waals surface area contributed by atoms with Gasteiger partial charge >= 0.3 is 12.1 Å². The van der Waals surface area contributed by atoms with E-state index < -0.39 is 40.0 Å². The van der Waals surface area contributed by atoms with Gasteiger partial charge in [-0.3, -0.25) is 4.79 Å². The van der Waals surface area contributed by atoms with Gasteiger partial charge in [-0.15, -0.1) is 0 Å². The quantitative estimate of drug-likeness (QED) is 0.665. The van der Waals surface area contributed by atoms with E-state index >= 15 is 0 Å². The third-order valence-corrected chi connectivity index (χ3v) is 2.62. The van der Waals surface area contributed by atoms with E-state index in [4.69, 9.17) is 28.3 Å². The minimum atomic E-state index is -4.95. The number of hydrogen-bond acceptors (Lipinski definition) is 1. The van der Waals surface area contributed by atoms with Crippen LogP contribution in [-0.2, 0) is 17.4 Å². The van der Waals surface area contributed by atoms with Crippen LogP contribution in [-0.4, -0.2) is 11.1 Å². The summed E-state index contributed by atoms with van der Waals surface area (Å²) in [7, 11) is 0. The molecule has 0 saturated carbocycles. The van der Waals surface area contributed by atoms with Crippen molar-refractivity contribution < 1.29 is 27.5 Å². The van der Waals surface area contributed by atoms with Gasteiger partial charge in [-0.25, -0.2) is 4.39 Å². The van der Waals surface area contributed by atoms with Gasteiger partial charge < -0.3 is 5.11 Å². The number of benzene rings is 1. The molecule has 0 heterocycles. The highest BCUT2D eigenvalue weighted by Crippen LogP contribution is 2.38. The minimum Gasteiger partial charge on any atom is -0.481 e. The first-order chi connectivity index (χ1) is 7.64. The van der Waals surface area contributed by atoms with E-state index in [0.717, 1.165) is 0 Å². The van der Waals surface area contributed by atoms with Crippen LogP contribution in [0.25, 0.3) is 0 Å². The first-order valence-corrected chi connectivity index (χ1v) is 4.85.